The Hall–Kier alpha value is -2.34. The molecule has 168 valence electrons. The minimum absolute atomic E-state index is 0.180. The molecule has 2 aliphatic heterocycles. The zero-order valence-corrected chi connectivity index (χ0v) is 19.9. The summed E-state index contributed by atoms with van der Waals surface area (Å²) in [4.78, 5) is 49.3. The number of carboxylic acid groups (broad SMARTS) is 1. The maximum absolute atomic E-state index is 12.7. The van der Waals surface area contributed by atoms with Gasteiger partial charge in [0.1, 0.15) is 23.7 Å². The molecule has 0 spiro atoms. The molecule has 0 bridgehead atoms. The zero-order chi connectivity index (χ0) is 23.0. The van der Waals surface area contributed by atoms with Gasteiger partial charge in [0, 0.05) is 23.9 Å². The fourth-order valence-corrected chi connectivity index (χ4v) is 5.09. The van der Waals surface area contributed by atoms with Crippen LogP contribution in [0.2, 0.25) is 0 Å². The smallest absolute Gasteiger partial charge is 0.352 e. The Morgan fingerprint density at radius 2 is 2.06 bits per heavy atom. The van der Waals surface area contributed by atoms with Crippen molar-refractivity contribution in [3.8, 4) is 0 Å². The molecule has 1 fully saturated rings. The lowest BCUT2D eigenvalue weighted by Crippen LogP contribution is -2.71. The summed E-state index contributed by atoms with van der Waals surface area (Å²) in [5.74, 6) is -2.78. The third-order valence-electron chi connectivity index (χ3n) is 5.18. The van der Waals surface area contributed by atoms with Gasteiger partial charge in [0.2, 0.25) is 5.91 Å². The Balaban J connectivity index is 1.67. The molecule has 1 aromatic heterocycles. The number of nitrogens with zero attached hydrogens (tertiary/aromatic N) is 3. The topological polar surface area (TPSA) is 131 Å². The first-order valence-electron chi connectivity index (χ1n) is 9.56. The van der Waals surface area contributed by atoms with Gasteiger partial charge in [-0.3, -0.25) is 24.0 Å². The van der Waals surface area contributed by atoms with Crippen LogP contribution in [0.25, 0.3) is 0 Å². The molecular weight excluding hydrogens is 492 g/mol. The molecule has 0 aromatic carbocycles. The number of fused-ring (bicyclic) bond motifs is 1. The van der Waals surface area contributed by atoms with E-state index in [-0.39, 0.29) is 24.0 Å². The lowest BCUT2D eigenvalue weighted by atomic mass is 10.0. The van der Waals surface area contributed by atoms with Crippen molar-refractivity contribution in [3.63, 3.8) is 0 Å². The van der Waals surface area contributed by atoms with Gasteiger partial charge in [-0.15, -0.1) is 11.8 Å². The lowest BCUT2D eigenvalue weighted by molar-refractivity contribution is -0.151. The minimum Gasteiger partial charge on any atom is -0.477 e. The second-order valence-electron chi connectivity index (χ2n) is 7.50. The van der Waals surface area contributed by atoms with Crippen LogP contribution in [-0.2, 0) is 30.5 Å². The highest BCUT2D eigenvalue weighted by Gasteiger charge is 2.54. The van der Waals surface area contributed by atoms with Crippen molar-refractivity contribution in [2.75, 3.05) is 12.4 Å². The van der Waals surface area contributed by atoms with E-state index < -0.39 is 35.2 Å². The predicted octanol–water partition coefficient (Wildman–Crippen LogP) is 1.20. The number of nitrogens with one attached hydrogen (secondary N) is 1. The number of carbonyl (C=O) groups excluding carboxylic acids is 3. The molecule has 0 aliphatic carbocycles. The number of hydrogen-bond donors (Lipinski definition) is 2. The van der Waals surface area contributed by atoms with Crippen LogP contribution in [-0.4, -0.2) is 67.3 Å². The minimum atomic E-state index is -1.27. The van der Waals surface area contributed by atoms with Crippen LogP contribution >= 0.6 is 27.7 Å². The molecule has 10 nitrogen and oxygen atoms in total. The van der Waals surface area contributed by atoms with E-state index in [1.54, 1.807) is 11.6 Å². The summed E-state index contributed by atoms with van der Waals surface area (Å²) in [6.45, 7) is 6.89. The molecule has 3 unspecified atom stereocenters. The largest absolute Gasteiger partial charge is 0.477 e. The molecular formula is C19H23BrN4O6S. The summed E-state index contributed by atoms with van der Waals surface area (Å²) in [5, 5.41) is 16.2. The van der Waals surface area contributed by atoms with Crippen LogP contribution in [0, 0.1) is 19.8 Å². The van der Waals surface area contributed by atoms with E-state index in [0.717, 1.165) is 20.8 Å². The maximum atomic E-state index is 12.7. The number of aromatic nitrogens is 2. The predicted molar refractivity (Wildman–Crippen MR) is 115 cm³/mol. The quantitative estimate of drug-likeness (QED) is 0.409. The highest BCUT2D eigenvalue weighted by molar-refractivity contribution is 9.10. The van der Waals surface area contributed by atoms with Gasteiger partial charge in [0.25, 0.3) is 5.91 Å². The van der Waals surface area contributed by atoms with Gasteiger partial charge in [-0.25, -0.2) is 4.79 Å². The number of halogens is 1. The number of esters is 1. The number of ether oxygens (including phenoxy) is 1. The number of aliphatic carboxylic acids is 1. The van der Waals surface area contributed by atoms with Crippen LogP contribution in [0.15, 0.2) is 15.7 Å². The van der Waals surface area contributed by atoms with Crippen molar-refractivity contribution >= 4 is 51.4 Å². The molecule has 31 heavy (non-hydrogen) atoms. The Labute approximate surface area is 191 Å². The first-order chi connectivity index (χ1) is 14.5. The summed E-state index contributed by atoms with van der Waals surface area (Å²) in [6.07, 6.45) is 0. The lowest BCUT2D eigenvalue weighted by Gasteiger charge is -2.49. The number of β-lactam (4-membered cyclic amide) rings is 1. The number of thioether (sulfide) groups is 1. The van der Waals surface area contributed by atoms with Crippen molar-refractivity contribution in [3.05, 3.63) is 27.1 Å². The maximum Gasteiger partial charge on any atom is 0.352 e. The first kappa shape index (κ1) is 23.3. The van der Waals surface area contributed by atoms with Crippen LogP contribution in [0.3, 0.4) is 0 Å². The average molecular weight is 515 g/mol. The van der Waals surface area contributed by atoms with E-state index in [1.165, 1.54) is 18.7 Å². The highest BCUT2D eigenvalue weighted by Crippen LogP contribution is 2.40. The van der Waals surface area contributed by atoms with Crippen molar-refractivity contribution < 1.29 is 29.0 Å². The van der Waals surface area contributed by atoms with E-state index in [0.29, 0.717) is 12.1 Å². The van der Waals surface area contributed by atoms with E-state index in [9.17, 15) is 24.3 Å². The molecule has 2 aliphatic rings. The first-order valence-corrected chi connectivity index (χ1v) is 11.4. The monoisotopic (exact) mass is 514 g/mol. The van der Waals surface area contributed by atoms with E-state index >= 15 is 0 Å². The summed E-state index contributed by atoms with van der Waals surface area (Å²) < 4.78 is 7.54. The van der Waals surface area contributed by atoms with Crippen LogP contribution in [0.4, 0.5) is 0 Å². The number of rotatable bonds is 7. The van der Waals surface area contributed by atoms with Crippen molar-refractivity contribution in [1.29, 1.82) is 0 Å². The van der Waals surface area contributed by atoms with Crippen molar-refractivity contribution in [1.82, 2.24) is 20.0 Å². The molecule has 3 atom stereocenters. The summed E-state index contributed by atoms with van der Waals surface area (Å²) in [6, 6.07) is -0.809. The van der Waals surface area contributed by atoms with Crippen LogP contribution in [0.5, 0.6) is 0 Å². The van der Waals surface area contributed by atoms with Gasteiger partial charge >= 0.3 is 11.9 Å². The average Bonchev–Trinajstić information content (AvgIpc) is 2.95. The molecule has 3 heterocycles. The molecule has 0 radical (unpaired) electrons. The Morgan fingerprint density at radius 1 is 1.39 bits per heavy atom. The van der Waals surface area contributed by atoms with Crippen LogP contribution in [0.1, 0.15) is 25.2 Å². The molecule has 0 saturated carbocycles. The van der Waals surface area contributed by atoms with E-state index in [4.69, 9.17) is 4.74 Å². The Bertz CT molecular complexity index is 990. The summed E-state index contributed by atoms with van der Waals surface area (Å²) >= 11 is 4.78. The third kappa shape index (κ3) is 4.49. The SMILES string of the molecule is CC(=O)OCC1=C(C(=O)O)N2C(=O)C(NC(=O)C(C)Cn3nc(C)c(Br)c3C)C2SC1. The summed E-state index contributed by atoms with van der Waals surface area (Å²) in [5.41, 5.74) is 1.90. The fraction of sp³-hybridized carbons (Fsp3) is 0.526. The number of carbonyl (C=O) groups is 4. The van der Waals surface area contributed by atoms with E-state index in [2.05, 4.69) is 26.3 Å². The fourth-order valence-electron chi connectivity index (χ4n) is 3.47. The van der Waals surface area contributed by atoms with Gasteiger partial charge in [0.05, 0.1) is 22.6 Å². The van der Waals surface area contributed by atoms with Crippen molar-refractivity contribution in [2.24, 2.45) is 5.92 Å². The second-order valence-corrected chi connectivity index (χ2v) is 9.40. The van der Waals surface area contributed by atoms with Gasteiger partial charge < -0.3 is 15.2 Å². The molecule has 1 aromatic rings. The van der Waals surface area contributed by atoms with Gasteiger partial charge in [-0.2, -0.15) is 5.10 Å². The molecule has 12 heteroatoms. The van der Waals surface area contributed by atoms with Gasteiger partial charge in [-0.1, -0.05) is 6.92 Å². The third-order valence-corrected chi connectivity index (χ3v) is 7.67. The molecule has 1 saturated heterocycles. The molecule has 2 N–H and O–H groups in total. The summed E-state index contributed by atoms with van der Waals surface area (Å²) in [7, 11) is 0. The van der Waals surface area contributed by atoms with Crippen molar-refractivity contribution in [2.45, 2.75) is 45.7 Å². The van der Waals surface area contributed by atoms with E-state index in [1.807, 2.05) is 13.8 Å². The zero-order valence-electron chi connectivity index (χ0n) is 17.5. The Kier molecular flexibility index (Phi) is 6.79. The Morgan fingerprint density at radius 3 is 2.61 bits per heavy atom. The number of carboxylic acids is 1. The van der Waals surface area contributed by atoms with Gasteiger partial charge in [0.15, 0.2) is 0 Å². The standard InChI is InChI=1S/C19H23BrN4O6S/c1-8(5-23-10(3)13(20)9(2)22-23)16(26)21-14-17(27)24-15(19(28)29)12(6-30-11(4)25)7-31-18(14)24/h8,14,18H,5-7H2,1-4H3,(H,21,26)(H,28,29). The highest BCUT2D eigenvalue weighted by atomic mass is 79.9. The second kappa shape index (κ2) is 9.03. The van der Waals surface area contributed by atoms with Crippen LogP contribution < -0.4 is 5.32 Å². The van der Waals surface area contributed by atoms with Gasteiger partial charge in [-0.05, 0) is 29.8 Å². The number of hydrogen-bond acceptors (Lipinski definition) is 7. The number of amides is 2. The number of aryl methyl sites for hydroxylation is 1. The molecule has 3 rings (SSSR count). The normalized spacial score (nSPS) is 21.3. The molecule has 2 amide bonds.